The Morgan fingerprint density at radius 3 is 2.65 bits per heavy atom. The smallest absolute Gasteiger partial charge is 0.279 e. The fourth-order valence-electron chi connectivity index (χ4n) is 2.72. The maximum atomic E-state index is 12.2. The van der Waals surface area contributed by atoms with Crippen molar-refractivity contribution in [2.45, 2.75) is 31.7 Å². The summed E-state index contributed by atoms with van der Waals surface area (Å²) in [6.07, 6.45) is 5.78. The highest BCUT2D eigenvalue weighted by molar-refractivity contribution is 7.87. The van der Waals surface area contributed by atoms with Gasteiger partial charge in [-0.3, -0.25) is 0 Å². The van der Waals surface area contributed by atoms with E-state index in [2.05, 4.69) is 20.0 Å². The van der Waals surface area contributed by atoms with E-state index in [1.54, 1.807) is 13.2 Å². The SMILES string of the molecule is COc1cc(NCC(NS(=O)(=O)N(C)C)C2CCCC2)ncn1. The molecule has 1 aliphatic rings. The minimum absolute atomic E-state index is 0.175. The van der Waals surface area contributed by atoms with Gasteiger partial charge in [0.15, 0.2) is 0 Å². The molecule has 1 aliphatic carbocycles. The summed E-state index contributed by atoms with van der Waals surface area (Å²) in [5.74, 6) is 1.42. The highest BCUT2D eigenvalue weighted by Gasteiger charge is 2.29. The van der Waals surface area contributed by atoms with Gasteiger partial charge in [-0.1, -0.05) is 12.8 Å². The van der Waals surface area contributed by atoms with Crippen LogP contribution in [0, 0.1) is 5.92 Å². The maximum Gasteiger partial charge on any atom is 0.279 e. The third kappa shape index (κ3) is 5.02. The molecule has 0 radical (unpaired) electrons. The van der Waals surface area contributed by atoms with Gasteiger partial charge in [0, 0.05) is 32.7 Å². The normalized spacial score (nSPS) is 17.4. The Labute approximate surface area is 137 Å². The van der Waals surface area contributed by atoms with Gasteiger partial charge in [0.05, 0.1) is 7.11 Å². The zero-order valence-corrected chi connectivity index (χ0v) is 14.6. The first kappa shape index (κ1) is 17.9. The van der Waals surface area contributed by atoms with Gasteiger partial charge < -0.3 is 10.1 Å². The fraction of sp³-hybridized carbons (Fsp3) is 0.714. The Morgan fingerprint density at radius 1 is 1.35 bits per heavy atom. The molecule has 0 saturated heterocycles. The van der Waals surface area contributed by atoms with Crippen LogP contribution in [0.15, 0.2) is 12.4 Å². The molecule has 130 valence electrons. The molecule has 1 heterocycles. The van der Waals surface area contributed by atoms with E-state index in [4.69, 9.17) is 4.74 Å². The lowest BCUT2D eigenvalue weighted by Gasteiger charge is -2.26. The van der Waals surface area contributed by atoms with Crippen LogP contribution in [0.2, 0.25) is 0 Å². The molecule has 23 heavy (non-hydrogen) atoms. The van der Waals surface area contributed by atoms with Crippen LogP contribution < -0.4 is 14.8 Å². The Kier molecular flexibility index (Phi) is 6.14. The van der Waals surface area contributed by atoms with Crippen LogP contribution in [-0.4, -0.2) is 56.5 Å². The number of nitrogens with zero attached hydrogens (tertiary/aromatic N) is 3. The molecule has 0 amide bonds. The maximum absolute atomic E-state index is 12.2. The van der Waals surface area contributed by atoms with E-state index in [-0.39, 0.29) is 6.04 Å². The molecule has 8 nitrogen and oxygen atoms in total. The van der Waals surface area contributed by atoms with Crippen molar-refractivity contribution in [3.8, 4) is 5.88 Å². The molecule has 0 bridgehead atoms. The summed E-state index contributed by atoms with van der Waals surface area (Å²) < 4.78 is 33.4. The zero-order chi connectivity index (χ0) is 16.9. The van der Waals surface area contributed by atoms with Gasteiger partial charge in [0.2, 0.25) is 5.88 Å². The molecule has 1 aromatic rings. The van der Waals surface area contributed by atoms with Crippen molar-refractivity contribution >= 4 is 16.0 Å². The third-order valence-corrected chi connectivity index (χ3v) is 5.67. The Bertz CT molecular complexity index is 602. The van der Waals surface area contributed by atoms with Crippen LogP contribution in [0.4, 0.5) is 5.82 Å². The standard InChI is InChI=1S/C14H25N5O3S/c1-19(2)23(20,21)18-12(11-6-4-5-7-11)9-15-13-8-14(22-3)17-10-16-13/h8,10-12,18H,4-7,9H2,1-3H3,(H,15,16,17). The summed E-state index contributed by atoms with van der Waals surface area (Å²) in [5.41, 5.74) is 0. The highest BCUT2D eigenvalue weighted by Crippen LogP contribution is 2.28. The van der Waals surface area contributed by atoms with Gasteiger partial charge in [0.1, 0.15) is 12.1 Å². The average Bonchev–Trinajstić information content (AvgIpc) is 3.05. The number of methoxy groups -OCH3 is 1. The minimum Gasteiger partial charge on any atom is -0.481 e. The van der Waals surface area contributed by atoms with Crippen molar-refractivity contribution in [2.24, 2.45) is 5.92 Å². The van der Waals surface area contributed by atoms with E-state index in [0.29, 0.717) is 24.2 Å². The van der Waals surface area contributed by atoms with Crippen molar-refractivity contribution in [2.75, 3.05) is 33.1 Å². The van der Waals surface area contributed by atoms with E-state index < -0.39 is 10.2 Å². The van der Waals surface area contributed by atoms with Gasteiger partial charge in [-0.2, -0.15) is 17.4 Å². The second-order valence-electron chi connectivity index (χ2n) is 5.88. The number of nitrogens with one attached hydrogen (secondary N) is 2. The lowest BCUT2D eigenvalue weighted by molar-refractivity contribution is 0.395. The van der Waals surface area contributed by atoms with E-state index in [1.807, 2.05) is 0 Å². The summed E-state index contributed by atoms with van der Waals surface area (Å²) in [7, 11) is 1.12. The third-order valence-electron chi connectivity index (χ3n) is 4.10. The van der Waals surface area contributed by atoms with E-state index in [9.17, 15) is 8.42 Å². The predicted molar refractivity (Wildman–Crippen MR) is 88.6 cm³/mol. The Balaban J connectivity index is 2.05. The van der Waals surface area contributed by atoms with E-state index in [0.717, 1.165) is 25.7 Å². The summed E-state index contributed by atoms with van der Waals surface area (Å²) in [5, 5.41) is 3.18. The van der Waals surface area contributed by atoms with Gasteiger partial charge in [-0.25, -0.2) is 9.97 Å². The van der Waals surface area contributed by atoms with Crippen molar-refractivity contribution in [3.05, 3.63) is 12.4 Å². The number of rotatable bonds is 8. The predicted octanol–water partition coefficient (Wildman–Crippen LogP) is 0.852. The Morgan fingerprint density at radius 2 is 2.04 bits per heavy atom. The Hall–Kier alpha value is -1.45. The van der Waals surface area contributed by atoms with Crippen LogP contribution in [0.25, 0.3) is 0 Å². The zero-order valence-electron chi connectivity index (χ0n) is 13.8. The molecular formula is C14H25N5O3S. The molecule has 2 N–H and O–H groups in total. The van der Waals surface area contributed by atoms with Crippen molar-refractivity contribution in [1.29, 1.82) is 0 Å². The van der Waals surface area contributed by atoms with Crippen LogP contribution in [0.5, 0.6) is 5.88 Å². The first-order chi connectivity index (χ1) is 10.9. The van der Waals surface area contributed by atoms with Crippen molar-refractivity contribution in [1.82, 2.24) is 19.0 Å². The number of hydrogen-bond donors (Lipinski definition) is 2. The van der Waals surface area contributed by atoms with Gasteiger partial charge >= 0.3 is 0 Å². The van der Waals surface area contributed by atoms with Gasteiger partial charge in [0.25, 0.3) is 10.2 Å². The number of anilines is 1. The minimum atomic E-state index is -3.47. The summed E-state index contributed by atoms with van der Waals surface area (Å²) in [6.45, 7) is 0.470. The summed E-state index contributed by atoms with van der Waals surface area (Å²) in [4.78, 5) is 8.08. The monoisotopic (exact) mass is 343 g/mol. The lowest BCUT2D eigenvalue weighted by atomic mass is 9.99. The lowest BCUT2D eigenvalue weighted by Crippen LogP contribution is -2.48. The fourth-order valence-corrected chi connectivity index (χ4v) is 3.59. The van der Waals surface area contributed by atoms with Crippen molar-refractivity contribution < 1.29 is 13.2 Å². The first-order valence-electron chi connectivity index (χ1n) is 7.72. The first-order valence-corrected chi connectivity index (χ1v) is 9.16. The molecule has 0 aromatic carbocycles. The molecular weight excluding hydrogens is 318 g/mol. The molecule has 1 aromatic heterocycles. The quantitative estimate of drug-likeness (QED) is 0.726. The van der Waals surface area contributed by atoms with Crippen LogP contribution in [-0.2, 0) is 10.2 Å². The summed E-state index contributed by atoms with van der Waals surface area (Å²) >= 11 is 0. The van der Waals surface area contributed by atoms with Gasteiger partial charge in [-0.15, -0.1) is 0 Å². The second-order valence-corrected chi connectivity index (χ2v) is 7.80. The van der Waals surface area contributed by atoms with E-state index >= 15 is 0 Å². The molecule has 1 saturated carbocycles. The molecule has 1 fully saturated rings. The van der Waals surface area contributed by atoms with Crippen LogP contribution in [0.1, 0.15) is 25.7 Å². The number of hydrogen-bond acceptors (Lipinski definition) is 6. The molecule has 0 aliphatic heterocycles. The van der Waals surface area contributed by atoms with E-state index in [1.165, 1.54) is 24.7 Å². The largest absolute Gasteiger partial charge is 0.481 e. The van der Waals surface area contributed by atoms with Crippen LogP contribution >= 0.6 is 0 Å². The van der Waals surface area contributed by atoms with Crippen molar-refractivity contribution in [3.63, 3.8) is 0 Å². The highest BCUT2D eigenvalue weighted by atomic mass is 32.2. The van der Waals surface area contributed by atoms with Crippen LogP contribution in [0.3, 0.4) is 0 Å². The molecule has 0 spiro atoms. The molecule has 9 heteroatoms. The average molecular weight is 343 g/mol. The summed E-state index contributed by atoms with van der Waals surface area (Å²) in [6, 6.07) is 1.51. The number of aromatic nitrogens is 2. The topological polar surface area (TPSA) is 96.5 Å². The second kappa shape index (κ2) is 7.89. The van der Waals surface area contributed by atoms with Gasteiger partial charge in [-0.05, 0) is 18.8 Å². The molecule has 1 unspecified atom stereocenters. The molecule has 2 rings (SSSR count). The number of ether oxygens (including phenoxy) is 1. The molecule has 1 atom stereocenters.